The van der Waals surface area contributed by atoms with Crippen LogP contribution in [0.4, 0.5) is 0 Å². The number of fused-ring (bicyclic) bond motifs is 1. The SMILES string of the molecule is COc1ccc2c(c1)C(N1CCCC(CN)C1)CC2. The summed E-state index contributed by atoms with van der Waals surface area (Å²) in [5.41, 5.74) is 8.84. The molecule has 0 amide bonds. The Labute approximate surface area is 115 Å². The lowest BCUT2D eigenvalue weighted by Crippen LogP contribution is -2.40. The average molecular weight is 260 g/mol. The van der Waals surface area contributed by atoms with Crippen molar-refractivity contribution >= 4 is 0 Å². The average Bonchev–Trinajstić information content (AvgIpc) is 2.90. The molecule has 1 fully saturated rings. The third kappa shape index (κ3) is 2.49. The molecule has 1 saturated heterocycles. The minimum Gasteiger partial charge on any atom is -0.497 e. The molecule has 1 heterocycles. The van der Waals surface area contributed by atoms with Crippen LogP contribution in [0.1, 0.15) is 36.4 Å². The Kier molecular flexibility index (Phi) is 3.76. The van der Waals surface area contributed by atoms with Gasteiger partial charge < -0.3 is 10.5 Å². The van der Waals surface area contributed by atoms with Gasteiger partial charge in [0.2, 0.25) is 0 Å². The summed E-state index contributed by atoms with van der Waals surface area (Å²) >= 11 is 0. The molecule has 2 N–H and O–H groups in total. The van der Waals surface area contributed by atoms with Crippen molar-refractivity contribution in [3.05, 3.63) is 29.3 Å². The summed E-state index contributed by atoms with van der Waals surface area (Å²) in [5, 5.41) is 0. The summed E-state index contributed by atoms with van der Waals surface area (Å²) in [4.78, 5) is 2.65. The van der Waals surface area contributed by atoms with E-state index in [0.717, 1.165) is 18.8 Å². The van der Waals surface area contributed by atoms with Gasteiger partial charge in [0.15, 0.2) is 0 Å². The van der Waals surface area contributed by atoms with Crippen molar-refractivity contribution in [2.45, 2.75) is 31.7 Å². The molecule has 3 heteroatoms. The lowest BCUT2D eigenvalue weighted by molar-refractivity contribution is 0.125. The molecule has 0 radical (unpaired) electrons. The van der Waals surface area contributed by atoms with Crippen LogP contribution in [0.2, 0.25) is 0 Å². The Balaban J connectivity index is 1.81. The number of nitrogens with zero attached hydrogens (tertiary/aromatic N) is 1. The zero-order chi connectivity index (χ0) is 13.2. The molecule has 1 aliphatic heterocycles. The van der Waals surface area contributed by atoms with E-state index in [1.807, 2.05) is 0 Å². The van der Waals surface area contributed by atoms with E-state index in [4.69, 9.17) is 10.5 Å². The third-order valence-electron chi connectivity index (χ3n) is 4.72. The van der Waals surface area contributed by atoms with E-state index in [1.54, 1.807) is 7.11 Å². The molecule has 19 heavy (non-hydrogen) atoms. The minimum absolute atomic E-state index is 0.583. The molecule has 0 saturated carbocycles. The number of methoxy groups -OCH3 is 1. The Morgan fingerprint density at radius 1 is 1.37 bits per heavy atom. The summed E-state index contributed by atoms with van der Waals surface area (Å²) in [6, 6.07) is 7.14. The number of likely N-dealkylation sites (tertiary alicyclic amines) is 1. The predicted molar refractivity (Wildman–Crippen MR) is 77.4 cm³/mol. The monoisotopic (exact) mass is 260 g/mol. The van der Waals surface area contributed by atoms with Crippen LogP contribution in [0.5, 0.6) is 5.75 Å². The predicted octanol–water partition coefficient (Wildman–Crippen LogP) is 2.35. The van der Waals surface area contributed by atoms with E-state index >= 15 is 0 Å². The van der Waals surface area contributed by atoms with Crippen LogP contribution in [0.15, 0.2) is 18.2 Å². The minimum atomic E-state index is 0.583. The van der Waals surface area contributed by atoms with Gasteiger partial charge in [0.05, 0.1) is 7.11 Å². The second-order valence-electron chi connectivity index (χ2n) is 5.86. The van der Waals surface area contributed by atoms with Gasteiger partial charge in [-0.05, 0) is 68.0 Å². The molecular weight excluding hydrogens is 236 g/mol. The molecule has 0 aromatic heterocycles. The third-order valence-corrected chi connectivity index (χ3v) is 4.72. The molecule has 0 bridgehead atoms. The van der Waals surface area contributed by atoms with E-state index in [0.29, 0.717) is 12.0 Å². The summed E-state index contributed by atoms with van der Waals surface area (Å²) in [7, 11) is 1.75. The first-order valence-corrected chi connectivity index (χ1v) is 7.42. The van der Waals surface area contributed by atoms with Crippen molar-refractivity contribution in [1.29, 1.82) is 0 Å². The van der Waals surface area contributed by atoms with Crippen molar-refractivity contribution in [2.75, 3.05) is 26.7 Å². The quantitative estimate of drug-likeness (QED) is 0.906. The molecular formula is C16H24N2O. The van der Waals surface area contributed by atoms with E-state index in [1.165, 1.54) is 43.4 Å². The second-order valence-corrected chi connectivity index (χ2v) is 5.86. The maximum Gasteiger partial charge on any atom is 0.119 e. The first-order valence-electron chi connectivity index (χ1n) is 7.42. The summed E-state index contributed by atoms with van der Waals surface area (Å²) in [5.74, 6) is 1.67. The molecule has 1 aromatic carbocycles. The summed E-state index contributed by atoms with van der Waals surface area (Å²) < 4.78 is 5.38. The number of hydrogen-bond donors (Lipinski definition) is 1. The van der Waals surface area contributed by atoms with Crippen LogP contribution in [0.25, 0.3) is 0 Å². The number of ether oxygens (including phenoxy) is 1. The van der Waals surface area contributed by atoms with E-state index in [9.17, 15) is 0 Å². The van der Waals surface area contributed by atoms with Gasteiger partial charge in [-0.25, -0.2) is 0 Å². The Morgan fingerprint density at radius 2 is 2.26 bits per heavy atom. The largest absolute Gasteiger partial charge is 0.497 e. The first kappa shape index (κ1) is 12.9. The Morgan fingerprint density at radius 3 is 3.05 bits per heavy atom. The van der Waals surface area contributed by atoms with Gasteiger partial charge in [-0.15, -0.1) is 0 Å². The highest BCUT2D eigenvalue weighted by Gasteiger charge is 2.31. The van der Waals surface area contributed by atoms with Crippen molar-refractivity contribution in [3.8, 4) is 5.75 Å². The van der Waals surface area contributed by atoms with Crippen molar-refractivity contribution in [3.63, 3.8) is 0 Å². The van der Waals surface area contributed by atoms with Crippen LogP contribution in [0.3, 0.4) is 0 Å². The van der Waals surface area contributed by atoms with Crippen LogP contribution in [-0.4, -0.2) is 31.6 Å². The smallest absolute Gasteiger partial charge is 0.119 e. The lowest BCUT2D eigenvalue weighted by Gasteiger charge is -2.36. The fourth-order valence-electron chi connectivity index (χ4n) is 3.64. The highest BCUT2D eigenvalue weighted by atomic mass is 16.5. The van der Waals surface area contributed by atoms with Gasteiger partial charge in [0.1, 0.15) is 5.75 Å². The van der Waals surface area contributed by atoms with Crippen molar-refractivity contribution in [2.24, 2.45) is 11.7 Å². The number of piperidine rings is 1. The molecule has 1 aromatic rings. The van der Waals surface area contributed by atoms with Crippen LogP contribution in [-0.2, 0) is 6.42 Å². The zero-order valence-corrected chi connectivity index (χ0v) is 11.8. The number of rotatable bonds is 3. The van der Waals surface area contributed by atoms with E-state index in [2.05, 4.69) is 23.1 Å². The zero-order valence-electron chi connectivity index (χ0n) is 11.8. The van der Waals surface area contributed by atoms with Gasteiger partial charge in [0, 0.05) is 12.6 Å². The normalized spacial score (nSPS) is 27.3. The number of hydrogen-bond acceptors (Lipinski definition) is 3. The molecule has 3 nitrogen and oxygen atoms in total. The maximum atomic E-state index is 5.86. The van der Waals surface area contributed by atoms with E-state index < -0.39 is 0 Å². The number of nitrogens with two attached hydrogens (primary N) is 1. The fourth-order valence-corrected chi connectivity index (χ4v) is 3.64. The molecule has 104 valence electrons. The highest BCUT2D eigenvalue weighted by molar-refractivity contribution is 5.40. The van der Waals surface area contributed by atoms with Crippen LogP contribution < -0.4 is 10.5 Å². The van der Waals surface area contributed by atoms with Crippen molar-refractivity contribution < 1.29 is 4.74 Å². The Hall–Kier alpha value is -1.06. The summed E-state index contributed by atoms with van der Waals surface area (Å²) in [6.45, 7) is 3.21. The molecule has 3 rings (SSSR count). The molecule has 2 unspecified atom stereocenters. The fraction of sp³-hybridized carbons (Fsp3) is 0.625. The lowest BCUT2D eigenvalue weighted by atomic mass is 9.95. The number of aryl methyl sites for hydroxylation is 1. The Bertz CT molecular complexity index is 446. The number of benzene rings is 1. The van der Waals surface area contributed by atoms with Gasteiger partial charge in [-0.3, -0.25) is 4.90 Å². The van der Waals surface area contributed by atoms with Crippen LogP contribution in [0, 0.1) is 5.92 Å². The maximum absolute atomic E-state index is 5.86. The topological polar surface area (TPSA) is 38.5 Å². The molecule has 1 aliphatic carbocycles. The highest BCUT2D eigenvalue weighted by Crippen LogP contribution is 2.39. The molecule has 2 aliphatic rings. The summed E-state index contributed by atoms with van der Waals surface area (Å²) in [6.07, 6.45) is 5.04. The van der Waals surface area contributed by atoms with Gasteiger partial charge in [0.25, 0.3) is 0 Å². The van der Waals surface area contributed by atoms with E-state index in [-0.39, 0.29) is 0 Å². The van der Waals surface area contributed by atoms with Gasteiger partial charge in [-0.2, -0.15) is 0 Å². The van der Waals surface area contributed by atoms with Crippen molar-refractivity contribution in [1.82, 2.24) is 4.90 Å². The first-order chi connectivity index (χ1) is 9.31. The van der Waals surface area contributed by atoms with Crippen LogP contribution >= 0.6 is 0 Å². The van der Waals surface area contributed by atoms with Gasteiger partial charge >= 0.3 is 0 Å². The van der Waals surface area contributed by atoms with Gasteiger partial charge in [-0.1, -0.05) is 6.07 Å². The molecule has 0 spiro atoms. The second kappa shape index (κ2) is 5.51. The molecule has 2 atom stereocenters. The standard InChI is InChI=1S/C16H24N2O/c1-19-14-6-4-13-5-7-16(15(13)9-14)18-8-2-3-12(10-17)11-18/h4,6,9,12,16H,2-3,5,7-8,10-11,17H2,1H3.